The second-order valence-corrected chi connectivity index (χ2v) is 3.47. The zero-order valence-electron chi connectivity index (χ0n) is 8.73. The Kier molecular flexibility index (Phi) is 3.65. The van der Waals surface area contributed by atoms with Crippen LogP contribution in [0.25, 0.3) is 0 Å². The maximum absolute atomic E-state index is 5.37. The second-order valence-electron chi connectivity index (χ2n) is 3.47. The van der Waals surface area contributed by atoms with Crippen molar-refractivity contribution in [3.05, 3.63) is 11.7 Å². The van der Waals surface area contributed by atoms with Gasteiger partial charge in [-0.2, -0.15) is 4.98 Å². The highest BCUT2D eigenvalue weighted by Crippen LogP contribution is 2.04. The van der Waals surface area contributed by atoms with Gasteiger partial charge in [-0.25, -0.2) is 0 Å². The molecule has 1 atom stereocenters. The molecule has 1 aliphatic rings. The molecule has 84 valence electrons. The number of rotatable bonds is 4. The van der Waals surface area contributed by atoms with Crippen LogP contribution in [0.3, 0.4) is 0 Å². The lowest BCUT2D eigenvalue weighted by Gasteiger charge is -2.22. The van der Waals surface area contributed by atoms with E-state index in [0.717, 1.165) is 19.6 Å². The topological polar surface area (TPSA) is 69.4 Å². The van der Waals surface area contributed by atoms with Crippen molar-refractivity contribution in [3.63, 3.8) is 0 Å². The van der Waals surface area contributed by atoms with Crippen molar-refractivity contribution in [1.29, 1.82) is 0 Å². The molecule has 15 heavy (non-hydrogen) atoms. The third kappa shape index (κ3) is 3.26. The summed E-state index contributed by atoms with van der Waals surface area (Å²) < 4.78 is 15.4. The van der Waals surface area contributed by atoms with Gasteiger partial charge >= 0.3 is 0 Å². The van der Waals surface area contributed by atoms with Crippen LogP contribution in [0.4, 0.5) is 0 Å². The third-order valence-electron chi connectivity index (χ3n) is 2.19. The number of aromatic nitrogens is 2. The Hall–Kier alpha value is -0.980. The van der Waals surface area contributed by atoms with Gasteiger partial charge in [-0.3, -0.25) is 0 Å². The van der Waals surface area contributed by atoms with Crippen LogP contribution in [0.15, 0.2) is 4.52 Å². The maximum atomic E-state index is 5.37. The summed E-state index contributed by atoms with van der Waals surface area (Å²) in [4.78, 5) is 4.09. The fourth-order valence-corrected chi connectivity index (χ4v) is 1.41. The molecule has 0 amide bonds. The van der Waals surface area contributed by atoms with Gasteiger partial charge in [-0.05, 0) is 13.3 Å². The summed E-state index contributed by atoms with van der Waals surface area (Å²) >= 11 is 0. The van der Waals surface area contributed by atoms with E-state index < -0.39 is 0 Å². The Morgan fingerprint density at radius 3 is 3.13 bits per heavy atom. The SMILES string of the molecule is Cc1noc(CNCC2CCOCO2)n1. The Morgan fingerprint density at radius 1 is 1.53 bits per heavy atom. The van der Waals surface area contributed by atoms with Gasteiger partial charge < -0.3 is 19.3 Å². The van der Waals surface area contributed by atoms with Gasteiger partial charge in [-0.1, -0.05) is 5.16 Å². The van der Waals surface area contributed by atoms with E-state index in [1.165, 1.54) is 0 Å². The van der Waals surface area contributed by atoms with Gasteiger partial charge in [0.15, 0.2) is 5.82 Å². The number of aryl methyl sites for hydroxylation is 1. The van der Waals surface area contributed by atoms with Crippen molar-refractivity contribution in [2.45, 2.75) is 26.0 Å². The van der Waals surface area contributed by atoms with Crippen LogP contribution >= 0.6 is 0 Å². The van der Waals surface area contributed by atoms with Gasteiger partial charge in [0.1, 0.15) is 6.79 Å². The number of nitrogens with zero attached hydrogens (tertiary/aromatic N) is 2. The molecule has 6 heteroatoms. The standard InChI is InChI=1S/C9H15N3O3/c1-7-11-9(15-12-7)5-10-4-8-2-3-13-6-14-8/h8,10H,2-6H2,1H3. The lowest BCUT2D eigenvalue weighted by Crippen LogP contribution is -2.33. The summed E-state index contributed by atoms with van der Waals surface area (Å²) in [5.74, 6) is 1.27. The zero-order valence-corrected chi connectivity index (χ0v) is 8.73. The largest absolute Gasteiger partial charge is 0.355 e. The molecule has 2 heterocycles. The smallest absolute Gasteiger partial charge is 0.240 e. The fourth-order valence-electron chi connectivity index (χ4n) is 1.41. The Balaban J connectivity index is 1.65. The Morgan fingerprint density at radius 2 is 2.47 bits per heavy atom. The predicted molar refractivity (Wildman–Crippen MR) is 51.1 cm³/mol. The normalized spacial score (nSPS) is 21.8. The molecule has 1 saturated heterocycles. The van der Waals surface area contributed by atoms with Crippen LogP contribution in [0.2, 0.25) is 0 Å². The molecule has 0 radical (unpaired) electrons. The van der Waals surface area contributed by atoms with Crippen LogP contribution < -0.4 is 5.32 Å². The van der Waals surface area contributed by atoms with Gasteiger partial charge in [0.2, 0.25) is 5.89 Å². The number of hydrogen-bond acceptors (Lipinski definition) is 6. The van der Waals surface area contributed by atoms with Crippen LogP contribution in [0.1, 0.15) is 18.1 Å². The van der Waals surface area contributed by atoms with E-state index in [1.54, 1.807) is 6.92 Å². The van der Waals surface area contributed by atoms with E-state index in [0.29, 0.717) is 25.1 Å². The van der Waals surface area contributed by atoms with Gasteiger partial charge in [0.25, 0.3) is 0 Å². The van der Waals surface area contributed by atoms with Crippen LogP contribution in [0, 0.1) is 6.92 Å². The molecule has 0 bridgehead atoms. The average molecular weight is 213 g/mol. The van der Waals surface area contributed by atoms with Gasteiger partial charge in [-0.15, -0.1) is 0 Å². The second kappa shape index (κ2) is 5.20. The van der Waals surface area contributed by atoms with E-state index in [9.17, 15) is 0 Å². The van der Waals surface area contributed by atoms with Crippen molar-refractivity contribution in [2.24, 2.45) is 0 Å². The van der Waals surface area contributed by atoms with Crippen LogP contribution in [-0.2, 0) is 16.0 Å². The Labute approximate surface area is 87.9 Å². The molecule has 1 N–H and O–H groups in total. The van der Waals surface area contributed by atoms with E-state index >= 15 is 0 Å². The van der Waals surface area contributed by atoms with Crippen molar-refractivity contribution < 1.29 is 14.0 Å². The van der Waals surface area contributed by atoms with E-state index in [2.05, 4.69) is 15.5 Å². The lowest BCUT2D eigenvalue weighted by atomic mass is 10.2. The van der Waals surface area contributed by atoms with Crippen LogP contribution in [-0.4, -0.2) is 36.2 Å². The highest BCUT2D eigenvalue weighted by Gasteiger charge is 2.13. The minimum absolute atomic E-state index is 0.225. The molecule has 1 unspecified atom stereocenters. The minimum Gasteiger partial charge on any atom is -0.355 e. The molecule has 1 aromatic heterocycles. The molecule has 0 saturated carbocycles. The van der Waals surface area contributed by atoms with Crippen molar-refractivity contribution in [3.8, 4) is 0 Å². The monoisotopic (exact) mass is 213 g/mol. The lowest BCUT2D eigenvalue weighted by molar-refractivity contribution is -0.137. The summed E-state index contributed by atoms with van der Waals surface area (Å²) in [5, 5.41) is 6.91. The van der Waals surface area contributed by atoms with E-state index in [1.807, 2.05) is 0 Å². The van der Waals surface area contributed by atoms with Crippen LogP contribution in [0.5, 0.6) is 0 Å². The van der Waals surface area contributed by atoms with Crippen molar-refractivity contribution in [1.82, 2.24) is 15.5 Å². The molecule has 0 aromatic carbocycles. The highest BCUT2D eigenvalue weighted by atomic mass is 16.7. The number of ether oxygens (including phenoxy) is 2. The average Bonchev–Trinajstić information content (AvgIpc) is 2.66. The van der Waals surface area contributed by atoms with Crippen molar-refractivity contribution >= 4 is 0 Å². The minimum atomic E-state index is 0.225. The summed E-state index contributed by atoms with van der Waals surface area (Å²) in [6.07, 6.45) is 1.15. The quantitative estimate of drug-likeness (QED) is 0.772. The van der Waals surface area contributed by atoms with Gasteiger partial charge in [0.05, 0.1) is 19.3 Å². The maximum Gasteiger partial charge on any atom is 0.240 e. The molecular formula is C9H15N3O3. The third-order valence-corrected chi connectivity index (χ3v) is 2.19. The number of hydrogen-bond donors (Lipinski definition) is 1. The van der Waals surface area contributed by atoms with Crippen molar-refractivity contribution in [2.75, 3.05) is 19.9 Å². The highest BCUT2D eigenvalue weighted by molar-refractivity contribution is 4.82. The zero-order chi connectivity index (χ0) is 10.5. The first-order valence-corrected chi connectivity index (χ1v) is 5.04. The first-order valence-electron chi connectivity index (χ1n) is 5.04. The molecular weight excluding hydrogens is 198 g/mol. The van der Waals surface area contributed by atoms with E-state index in [-0.39, 0.29) is 6.10 Å². The molecule has 1 aromatic rings. The first-order chi connectivity index (χ1) is 7.34. The molecule has 6 nitrogen and oxygen atoms in total. The van der Waals surface area contributed by atoms with E-state index in [4.69, 9.17) is 14.0 Å². The number of nitrogens with one attached hydrogen (secondary N) is 1. The Bertz CT molecular complexity index is 297. The summed E-state index contributed by atoms with van der Waals surface area (Å²) in [6, 6.07) is 0. The first kappa shape index (κ1) is 10.5. The molecule has 2 rings (SSSR count). The predicted octanol–water partition coefficient (Wildman–Crippen LogP) is 0.231. The summed E-state index contributed by atoms with van der Waals surface area (Å²) in [5.41, 5.74) is 0. The molecule has 0 aliphatic carbocycles. The van der Waals surface area contributed by atoms with Gasteiger partial charge in [0, 0.05) is 6.54 Å². The molecule has 1 fully saturated rings. The summed E-state index contributed by atoms with van der Waals surface area (Å²) in [7, 11) is 0. The molecule has 0 spiro atoms. The summed E-state index contributed by atoms with van der Waals surface area (Å²) in [6.45, 7) is 4.33. The fraction of sp³-hybridized carbons (Fsp3) is 0.778. The molecule has 1 aliphatic heterocycles.